The Bertz CT molecular complexity index is 1500. The zero-order valence-corrected chi connectivity index (χ0v) is 33.5. The predicted molar refractivity (Wildman–Crippen MR) is 212 cm³/mol. The first kappa shape index (κ1) is 47.2. The Morgan fingerprint density at radius 2 is 1.59 bits per heavy atom. The number of nitrogens with two attached hydrogens (primary N) is 1. The molecule has 1 saturated heterocycles. The third kappa shape index (κ3) is 16.0. The number of amides is 4. The van der Waals surface area contributed by atoms with E-state index in [-0.39, 0.29) is 74.4 Å². The van der Waals surface area contributed by atoms with Gasteiger partial charge >= 0.3 is 6.03 Å². The van der Waals surface area contributed by atoms with Gasteiger partial charge in [-0.2, -0.15) is 0 Å². The van der Waals surface area contributed by atoms with Crippen LogP contribution in [-0.4, -0.2) is 113 Å². The summed E-state index contributed by atoms with van der Waals surface area (Å²) in [7, 11) is -3.56. The molecular weight excluding hydrogens is 759 g/mol. The van der Waals surface area contributed by atoms with Crippen molar-refractivity contribution < 1.29 is 33.0 Å². The molecule has 0 radical (unpaired) electrons. The average molecular weight is 820 g/mol. The molecule has 1 saturated carbocycles. The number of rotatable bonds is 19. The Morgan fingerprint density at radius 1 is 0.944 bits per heavy atom. The van der Waals surface area contributed by atoms with Gasteiger partial charge in [0.05, 0.1) is 30.3 Å². The molecule has 0 unspecified atom stereocenters. The number of carbonyl (C=O) groups excluding carboxylic acids is 3. The number of aromatic amines is 1. The van der Waals surface area contributed by atoms with E-state index in [0.29, 0.717) is 44.5 Å². The van der Waals surface area contributed by atoms with Gasteiger partial charge < -0.3 is 41.8 Å². The fourth-order valence-corrected chi connectivity index (χ4v) is 8.10. The first-order valence-electron chi connectivity index (χ1n) is 18.7. The number of nitrogens with one attached hydrogen (secondary N) is 5. The van der Waals surface area contributed by atoms with Crippen LogP contribution in [0.1, 0.15) is 82.4 Å². The number of urea groups is 1. The highest BCUT2D eigenvalue weighted by Gasteiger charge is 2.33. The summed E-state index contributed by atoms with van der Waals surface area (Å²) in [6.45, 7) is 2.43. The summed E-state index contributed by atoms with van der Waals surface area (Å²) >= 11 is 0. The smallest absolute Gasteiger partial charge is 0.318 e. The molecule has 9 N–H and O–H groups in total. The standard InChI is InChI=1S/C36H58N8O7S.2ClH/c1-2-17-52(50,51)40-23-29(45)21-33(46)30(18-25-9-5-3-6-10-25)41-35(48)32(20-28-22-38-24-39-28)42-34(47)31(19-26-11-7-4-8-12-26)43-36(49)44-15-13-27(37)14-16-44;;/h4,7-8,11-12,22,24-25,27,29-33,40,45-46H,2-3,5-6,9-10,13-21,23,37H2,1H3,(H,38,39)(H,41,48)(H,42,47)(H,43,49);2*1H/t29-,30-,31-,32-,33-;;/m0../s1. The summed E-state index contributed by atoms with van der Waals surface area (Å²) in [5, 5.41) is 30.8. The normalized spacial score (nSPS) is 18.2. The van der Waals surface area contributed by atoms with E-state index in [1.54, 1.807) is 18.0 Å². The first-order chi connectivity index (χ1) is 24.9. The molecule has 0 spiro atoms. The number of nitrogens with zero attached hydrogens (tertiary/aromatic N) is 2. The largest absolute Gasteiger partial charge is 0.392 e. The van der Waals surface area contributed by atoms with Crippen molar-refractivity contribution >= 4 is 52.7 Å². The molecule has 2 heterocycles. The zero-order valence-electron chi connectivity index (χ0n) is 31.0. The van der Waals surface area contributed by atoms with Crippen LogP contribution in [0.25, 0.3) is 0 Å². The van der Waals surface area contributed by atoms with Gasteiger partial charge in [-0.3, -0.25) is 9.59 Å². The second-order valence-electron chi connectivity index (χ2n) is 14.3. The minimum absolute atomic E-state index is 0. The third-order valence-electron chi connectivity index (χ3n) is 9.96. The number of aromatic nitrogens is 2. The van der Waals surface area contributed by atoms with Crippen molar-refractivity contribution in [2.45, 2.75) is 120 Å². The summed E-state index contributed by atoms with van der Waals surface area (Å²) in [4.78, 5) is 50.2. The second kappa shape index (κ2) is 23.8. The number of carbonyl (C=O) groups is 3. The topological polar surface area (TPSA) is 232 Å². The fraction of sp³-hybridized carbons (Fsp3) is 0.667. The van der Waals surface area contributed by atoms with Crippen molar-refractivity contribution in [1.82, 2.24) is 35.5 Å². The molecule has 1 aliphatic carbocycles. The van der Waals surface area contributed by atoms with Gasteiger partial charge in [0, 0.05) is 56.8 Å². The summed E-state index contributed by atoms with van der Waals surface area (Å²) in [5.74, 6) is -0.931. The van der Waals surface area contributed by atoms with E-state index in [2.05, 4.69) is 30.6 Å². The van der Waals surface area contributed by atoms with E-state index in [1.807, 2.05) is 30.3 Å². The van der Waals surface area contributed by atoms with Gasteiger partial charge in [0.1, 0.15) is 12.1 Å². The molecule has 5 atom stereocenters. The van der Waals surface area contributed by atoms with Crippen LogP contribution >= 0.6 is 24.8 Å². The second-order valence-corrected chi connectivity index (χ2v) is 16.3. The highest BCUT2D eigenvalue weighted by Crippen LogP contribution is 2.28. The number of piperidine rings is 1. The van der Waals surface area contributed by atoms with Gasteiger partial charge in [-0.15, -0.1) is 24.8 Å². The summed E-state index contributed by atoms with van der Waals surface area (Å²) < 4.78 is 26.7. The molecule has 2 fully saturated rings. The van der Waals surface area contributed by atoms with Crippen molar-refractivity contribution in [1.29, 1.82) is 0 Å². The molecule has 54 heavy (non-hydrogen) atoms. The van der Waals surface area contributed by atoms with E-state index < -0.39 is 52.2 Å². The van der Waals surface area contributed by atoms with Crippen LogP contribution in [-0.2, 0) is 32.5 Å². The average Bonchev–Trinajstić information content (AvgIpc) is 3.64. The minimum Gasteiger partial charge on any atom is -0.392 e. The molecule has 4 rings (SSSR count). The van der Waals surface area contributed by atoms with Gasteiger partial charge in [0.15, 0.2) is 0 Å². The van der Waals surface area contributed by atoms with Crippen LogP contribution < -0.4 is 26.4 Å². The summed E-state index contributed by atoms with van der Waals surface area (Å²) in [6.07, 6.45) is 8.01. The number of likely N-dealkylation sites (tertiary alicyclic amines) is 1. The van der Waals surface area contributed by atoms with Crippen LogP contribution in [0.5, 0.6) is 0 Å². The Morgan fingerprint density at radius 3 is 2.22 bits per heavy atom. The van der Waals surface area contributed by atoms with Crippen LogP contribution in [0.4, 0.5) is 4.79 Å². The van der Waals surface area contributed by atoms with Gasteiger partial charge in [0.2, 0.25) is 21.8 Å². The number of aliphatic hydroxyl groups is 2. The van der Waals surface area contributed by atoms with Gasteiger partial charge in [-0.1, -0.05) is 69.4 Å². The molecule has 1 aromatic heterocycles. The minimum atomic E-state index is -3.56. The SMILES string of the molecule is CCCS(=O)(=O)NC[C@@H](O)C[C@H](O)[C@H](CC1CCCCC1)NC(=O)[C@H](Cc1cnc[nH]1)NC(=O)[C@H](Cc1ccccc1)NC(=O)N1CCC(N)CC1.Cl.Cl. The molecule has 4 amide bonds. The van der Waals surface area contributed by atoms with Crippen LogP contribution in [0.2, 0.25) is 0 Å². The van der Waals surface area contributed by atoms with E-state index >= 15 is 0 Å². The molecule has 0 bridgehead atoms. The van der Waals surface area contributed by atoms with Gasteiger partial charge in [0.25, 0.3) is 0 Å². The maximum atomic E-state index is 14.1. The lowest BCUT2D eigenvalue weighted by molar-refractivity contribution is -0.131. The van der Waals surface area contributed by atoms with Crippen molar-refractivity contribution in [3.8, 4) is 0 Å². The molecule has 18 heteroatoms. The molecule has 2 aliphatic rings. The van der Waals surface area contributed by atoms with Gasteiger partial charge in [-0.05, 0) is 37.2 Å². The first-order valence-corrected chi connectivity index (χ1v) is 20.3. The van der Waals surface area contributed by atoms with Crippen LogP contribution in [0, 0.1) is 5.92 Å². The van der Waals surface area contributed by atoms with E-state index in [4.69, 9.17) is 5.73 Å². The van der Waals surface area contributed by atoms with E-state index in [9.17, 15) is 33.0 Å². The van der Waals surface area contributed by atoms with E-state index in [0.717, 1.165) is 37.7 Å². The predicted octanol–water partition coefficient (Wildman–Crippen LogP) is 1.92. The lowest BCUT2D eigenvalue weighted by Gasteiger charge is -2.33. The number of aliphatic hydroxyl groups excluding tert-OH is 2. The van der Waals surface area contributed by atoms with Crippen molar-refractivity contribution in [3.63, 3.8) is 0 Å². The van der Waals surface area contributed by atoms with Crippen LogP contribution in [0.15, 0.2) is 42.9 Å². The van der Waals surface area contributed by atoms with Crippen molar-refractivity contribution in [2.75, 3.05) is 25.4 Å². The number of halogens is 2. The zero-order chi connectivity index (χ0) is 37.5. The number of sulfonamides is 1. The maximum Gasteiger partial charge on any atom is 0.318 e. The number of hydrogen-bond donors (Lipinski definition) is 8. The number of H-pyrrole nitrogens is 1. The van der Waals surface area contributed by atoms with Crippen LogP contribution in [0.3, 0.4) is 0 Å². The lowest BCUT2D eigenvalue weighted by Crippen LogP contribution is -2.59. The fourth-order valence-electron chi connectivity index (χ4n) is 6.97. The van der Waals surface area contributed by atoms with E-state index in [1.165, 1.54) is 6.33 Å². The van der Waals surface area contributed by atoms with Crippen molar-refractivity contribution in [2.24, 2.45) is 11.7 Å². The monoisotopic (exact) mass is 818 g/mol. The van der Waals surface area contributed by atoms with Gasteiger partial charge in [-0.25, -0.2) is 22.9 Å². The summed E-state index contributed by atoms with van der Waals surface area (Å²) in [5.41, 5.74) is 7.45. The maximum absolute atomic E-state index is 14.1. The Labute approximate surface area is 331 Å². The Hall–Kier alpha value is -2.99. The number of benzene rings is 1. The number of imidazole rings is 1. The highest BCUT2D eigenvalue weighted by molar-refractivity contribution is 7.89. The Kier molecular flexibility index (Phi) is 20.8. The molecule has 1 aromatic carbocycles. The molecule has 1 aliphatic heterocycles. The number of hydrogen-bond acceptors (Lipinski definition) is 9. The lowest BCUT2D eigenvalue weighted by atomic mass is 9.83. The third-order valence-corrected chi connectivity index (χ3v) is 11.5. The molecule has 2 aromatic rings. The quantitative estimate of drug-likeness (QED) is 0.103. The Balaban J connectivity index is 0.00000504. The summed E-state index contributed by atoms with van der Waals surface area (Å²) in [6, 6.07) is 6.04. The molecule has 15 nitrogen and oxygen atoms in total. The molecular formula is C36H60Cl2N8O7S. The highest BCUT2D eigenvalue weighted by atomic mass is 35.5. The van der Waals surface area contributed by atoms with Crippen molar-refractivity contribution in [3.05, 3.63) is 54.1 Å². The molecule has 306 valence electrons.